The van der Waals surface area contributed by atoms with E-state index < -0.39 is 0 Å². The Bertz CT molecular complexity index is 333. The molecular formula is C11H14INOS. The number of halogens is 1. The van der Waals surface area contributed by atoms with Gasteiger partial charge in [-0.25, -0.2) is 0 Å². The number of aromatic hydroxyl groups is 1. The van der Waals surface area contributed by atoms with E-state index in [-0.39, 0.29) is 5.75 Å². The first-order valence-electron chi connectivity index (χ1n) is 4.62. The molecule has 15 heavy (non-hydrogen) atoms. The van der Waals surface area contributed by atoms with Crippen LogP contribution in [0.15, 0.2) is 24.3 Å². The third-order valence-corrected chi connectivity index (χ3v) is 2.26. The molecule has 2 nitrogen and oxygen atoms in total. The molecule has 0 aliphatic rings. The molecule has 1 aromatic carbocycles. The summed E-state index contributed by atoms with van der Waals surface area (Å²) in [6.07, 6.45) is 0. The van der Waals surface area contributed by atoms with Crippen LogP contribution in [-0.4, -0.2) is 11.7 Å². The minimum absolute atomic E-state index is 0.256. The Kier molecular flexibility index (Phi) is 9.63. The standard InChI is InChI=1S/C9H8INOS.C2H6/c10-13-7-3-6-11-8-4-1-2-5-9(8)12;1-2/h1-2,4-5,11-12H,6H2;1-2H3. The average Bonchev–Trinajstić information content (AvgIpc) is 2.29. The van der Waals surface area contributed by atoms with Gasteiger partial charge in [0.2, 0.25) is 0 Å². The Hall–Kier alpha value is -0.540. The zero-order valence-electron chi connectivity index (χ0n) is 8.75. The fourth-order valence-electron chi connectivity index (χ4n) is 0.826. The monoisotopic (exact) mass is 335 g/mol. The van der Waals surface area contributed by atoms with Crippen LogP contribution in [0.3, 0.4) is 0 Å². The van der Waals surface area contributed by atoms with Crippen molar-refractivity contribution in [2.45, 2.75) is 13.8 Å². The van der Waals surface area contributed by atoms with Gasteiger partial charge >= 0.3 is 0 Å². The molecule has 82 valence electrons. The second kappa shape index (κ2) is 9.99. The maximum absolute atomic E-state index is 9.35. The Balaban J connectivity index is 0.000000921. The van der Waals surface area contributed by atoms with E-state index in [1.807, 2.05) is 26.0 Å². The maximum Gasteiger partial charge on any atom is 0.138 e. The summed E-state index contributed by atoms with van der Waals surface area (Å²) < 4.78 is 0. The summed E-state index contributed by atoms with van der Waals surface area (Å²) >= 11 is 2.11. The zero-order chi connectivity index (χ0) is 11.5. The highest BCUT2D eigenvalue weighted by Gasteiger charge is 1.94. The van der Waals surface area contributed by atoms with Crippen molar-refractivity contribution >= 4 is 35.8 Å². The van der Waals surface area contributed by atoms with Crippen molar-refractivity contribution in [2.24, 2.45) is 0 Å². The predicted octanol–water partition coefficient (Wildman–Crippen LogP) is 3.87. The van der Waals surface area contributed by atoms with Gasteiger partial charge < -0.3 is 10.4 Å². The van der Waals surface area contributed by atoms with Crippen LogP contribution in [0.5, 0.6) is 5.75 Å². The number of para-hydroxylation sites is 2. The Morgan fingerprint density at radius 1 is 1.40 bits per heavy atom. The normalized spacial score (nSPS) is 7.93. The minimum Gasteiger partial charge on any atom is -0.506 e. The predicted molar refractivity (Wildman–Crippen MR) is 77.3 cm³/mol. The van der Waals surface area contributed by atoms with Gasteiger partial charge in [-0.2, -0.15) is 0 Å². The molecule has 0 unspecified atom stereocenters. The summed E-state index contributed by atoms with van der Waals surface area (Å²) in [4.78, 5) is 0. The molecule has 0 atom stereocenters. The van der Waals surface area contributed by atoms with Gasteiger partial charge in [0.05, 0.1) is 12.2 Å². The fraction of sp³-hybridized carbons (Fsp3) is 0.273. The molecule has 0 bridgehead atoms. The lowest BCUT2D eigenvalue weighted by atomic mass is 10.3. The van der Waals surface area contributed by atoms with E-state index in [0.717, 1.165) is 5.69 Å². The molecule has 0 heterocycles. The maximum atomic E-state index is 9.35. The SMILES string of the molecule is CC.Oc1ccccc1NCC#CSI. The summed E-state index contributed by atoms with van der Waals surface area (Å²) in [7, 11) is 1.45. The summed E-state index contributed by atoms with van der Waals surface area (Å²) in [6.45, 7) is 4.55. The van der Waals surface area contributed by atoms with Crippen molar-refractivity contribution in [3.05, 3.63) is 24.3 Å². The second-order valence-corrected chi connectivity index (χ2v) is 3.91. The Morgan fingerprint density at radius 2 is 2.07 bits per heavy atom. The van der Waals surface area contributed by atoms with Gasteiger partial charge in [0.25, 0.3) is 0 Å². The molecular weight excluding hydrogens is 321 g/mol. The van der Waals surface area contributed by atoms with Crippen molar-refractivity contribution < 1.29 is 5.11 Å². The zero-order valence-corrected chi connectivity index (χ0v) is 11.7. The smallest absolute Gasteiger partial charge is 0.138 e. The number of phenols is 1. The molecule has 0 aromatic heterocycles. The fourth-order valence-corrected chi connectivity index (χ4v) is 1.42. The average molecular weight is 335 g/mol. The first-order valence-corrected chi connectivity index (χ1v) is 7.98. The van der Waals surface area contributed by atoms with E-state index in [4.69, 9.17) is 0 Å². The van der Waals surface area contributed by atoms with Crippen LogP contribution in [0, 0.1) is 11.2 Å². The van der Waals surface area contributed by atoms with Crippen molar-refractivity contribution in [1.29, 1.82) is 0 Å². The molecule has 0 aliphatic carbocycles. The van der Waals surface area contributed by atoms with Crippen LogP contribution in [0.4, 0.5) is 5.69 Å². The molecule has 1 rings (SSSR count). The lowest BCUT2D eigenvalue weighted by Crippen LogP contribution is -1.97. The van der Waals surface area contributed by atoms with Gasteiger partial charge in [-0.3, -0.25) is 0 Å². The van der Waals surface area contributed by atoms with E-state index in [1.54, 1.807) is 12.1 Å². The quantitative estimate of drug-likeness (QED) is 0.489. The number of benzene rings is 1. The summed E-state index contributed by atoms with van der Waals surface area (Å²) in [5.41, 5.74) is 0.718. The summed E-state index contributed by atoms with van der Waals surface area (Å²) in [6, 6.07) is 7.10. The number of nitrogens with one attached hydrogen (secondary N) is 1. The van der Waals surface area contributed by atoms with Crippen molar-refractivity contribution in [1.82, 2.24) is 0 Å². The largest absolute Gasteiger partial charge is 0.506 e. The first kappa shape index (κ1) is 14.5. The molecule has 4 heteroatoms. The van der Waals surface area contributed by atoms with Crippen molar-refractivity contribution in [3.63, 3.8) is 0 Å². The van der Waals surface area contributed by atoms with Crippen LogP contribution in [0.25, 0.3) is 0 Å². The lowest BCUT2D eigenvalue weighted by molar-refractivity contribution is 0.477. The van der Waals surface area contributed by atoms with Crippen molar-refractivity contribution in [3.8, 4) is 16.9 Å². The van der Waals surface area contributed by atoms with Crippen molar-refractivity contribution in [2.75, 3.05) is 11.9 Å². The molecule has 0 aliphatic heterocycles. The molecule has 2 N–H and O–H groups in total. The van der Waals surface area contributed by atoms with E-state index in [0.29, 0.717) is 6.54 Å². The number of rotatable bonds is 2. The molecule has 0 spiro atoms. The molecule has 0 fully saturated rings. The Morgan fingerprint density at radius 3 is 2.67 bits per heavy atom. The van der Waals surface area contributed by atoms with E-state index in [9.17, 15) is 5.11 Å². The van der Waals surface area contributed by atoms with Crippen LogP contribution in [-0.2, 0) is 0 Å². The third kappa shape index (κ3) is 6.52. The van der Waals surface area contributed by atoms with Crippen LogP contribution in [0.1, 0.15) is 13.8 Å². The number of hydrogen-bond acceptors (Lipinski definition) is 3. The van der Waals surface area contributed by atoms with Gasteiger partial charge in [0.1, 0.15) is 5.75 Å². The van der Waals surface area contributed by atoms with E-state index in [2.05, 4.69) is 37.7 Å². The second-order valence-electron chi connectivity index (χ2n) is 2.23. The molecule has 0 amide bonds. The molecule has 0 saturated carbocycles. The van der Waals surface area contributed by atoms with Gasteiger partial charge in [0.15, 0.2) is 0 Å². The molecule has 0 radical (unpaired) electrons. The summed E-state index contributed by atoms with van der Waals surface area (Å²) in [5, 5.41) is 15.2. The lowest BCUT2D eigenvalue weighted by Gasteiger charge is -2.03. The number of hydrogen-bond donors (Lipinski definition) is 2. The third-order valence-electron chi connectivity index (χ3n) is 1.38. The van der Waals surface area contributed by atoms with Crippen LogP contribution < -0.4 is 5.32 Å². The Labute approximate surface area is 107 Å². The van der Waals surface area contributed by atoms with E-state index in [1.165, 1.54) is 8.93 Å². The van der Waals surface area contributed by atoms with Crippen LogP contribution in [0.2, 0.25) is 0 Å². The summed E-state index contributed by atoms with van der Waals surface area (Å²) in [5.74, 6) is 3.15. The van der Waals surface area contributed by atoms with Gasteiger partial charge in [-0.1, -0.05) is 31.9 Å². The highest BCUT2D eigenvalue weighted by Crippen LogP contribution is 2.20. The topological polar surface area (TPSA) is 32.3 Å². The van der Waals surface area contributed by atoms with Gasteiger partial charge in [-0.15, -0.1) is 0 Å². The minimum atomic E-state index is 0.256. The molecule has 1 aromatic rings. The number of phenolic OH excluding ortho intramolecular Hbond substituents is 1. The van der Waals surface area contributed by atoms with Gasteiger partial charge in [-0.05, 0) is 26.3 Å². The van der Waals surface area contributed by atoms with E-state index >= 15 is 0 Å². The highest BCUT2D eigenvalue weighted by molar-refractivity contribution is 14.2. The number of anilines is 1. The first-order chi connectivity index (χ1) is 7.34. The highest BCUT2D eigenvalue weighted by atomic mass is 127. The molecule has 0 saturated heterocycles. The van der Waals surface area contributed by atoms with Crippen LogP contribution >= 0.6 is 30.1 Å². The van der Waals surface area contributed by atoms with Gasteiger partial charge in [0, 0.05) is 21.2 Å².